The van der Waals surface area contributed by atoms with Crippen LogP contribution >= 0.6 is 0 Å². The van der Waals surface area contributed by atoms with Gasteiger partial charge in [-0.1, -0.05) is 18.6 Å². The third kappa shape index (κ3) is 4.08. The lowest BCUT2D eigenvalue weighted by atomic mass is 10.1. The van der Waals surface area contributed by atoms with Gasteiger partial charge in [0.2, 0.25) is 10.0 Å². The van der Waals surface area contributed by atoms with E-state index in [1.807, 2.05) is 31.2 Å². The van der Waals surface area contributed by atoms with Crippen molar-refractivity contribution in [2.24, 2.45) is 0 Å². The molecule has 1 atom stereocenters. The predicted molar refractivity (Wildman–Crippen MR) is 119 cm³/mol. The summed E-state index contributed by atoms with van der Waals surface area (Å²) in [6.07, 6.45) is 2.87. The number of sulfonamides is 1. The summed E-state index contributed by atoms with van der Waals surface area (Å²) < 4.78 is 27.8. The summed E-state index contributed by atoms with van der Waals surface area (Å²) in [5.41, 5.74) is 2.10. The van der Waals surface area contributed by atoms with Crippen LogP contribution in [0.5, 0.6) is 0 Å². The van der Waals surface area contributed by atoms with E-state index in [1.165, 1.54) is 6.92 Å². The minimum atomic E-state index is -3.52. The van der Waals surface area contributed by atoms with Crippen molar-refractivity contribution in [3.05, 3.63) is 60.2 Å². The molecule has 0 radical (unpaired) electrons. The molecule has 1 aliphatic rings. The Kier molecular flexibility index (Phi) is 5.58. The second-order valence-corrected chi connectivity index (χ2v) is 9.66. The Labute approximate surface area is 177 Å². The summed E-state index contributed by atoms with van der Waals surface area (Å²) >= 11 is 0. The van der Waals surface area contributed by atoms with Crippen molar-refractivity contribution in [1.82, 2.24) is 9.29 Å². The number of ketones is 1. The van der Waals surface area contributed by atoms with Crippen LogP contribution in [-0.4, -0.2) is 36.1 Å². The summed E-state index contributed by atoms with van der Waals surface area (Å²) in [4.78, 5) is 16.5. The molecule has 0 bridgehead atoms. The van der Waals surface area contributed by atoms with Crippen LogP contribution in [0.25, 0.3) is 10.9 Å². The molecule has 7 heteroatoms. The van der Waals surface area contributed by atoms with E-state index >= 15 is 0 Å². The van der Waals surface area contributed by atoms with E-state index in [1.54, 1.807) is 34.6 Å². The Balaban J connectivity index is 1.61. The molecule has 6 nitrogen and oxygen atoms in total. The molecular formula is C23H25N3O3S. The Morgan fingerprint density at radius 3 is 2.70 bits per heavy atom. The molecule has 1 aromatic heterocycles. The lowest BCUT2D eigenvalue weighted by molar-refractivity contribution is 0.101. The number of anilines is 2. The largest absolute Gasteiger partial charge is 0.340 e. The van der Waals surface area contributed by atoms with Gasteiger partial charge in [0.25, 0.3) is 0 Å². The Morgan fingerprint density at radius 1 is 1.10 bits per heavy atom. The normalized spacial score (nSPS) is 17.7. The molecule has 1 fully saturated rings. The molecule has 0 amide bonds. The fourth-order valence-electron chi connectivity index (χ4n) is 3.86. The molecule has 1 N–H and O–H groups in total. The van der Waals surface area contributed by atoms with Crippen molar-refractivity contribution in [3.63, 3.8) is 0 Å². The smallest absolute Gasteiger partial charge is 0.243 e. The topological polar surface area (TPSA) is 79.4 Å². The van der Waals surface area contributed by atoms with Crippen molar-refractivity contribution >= 4 is 38.2 Å². The summed E-state index contributed by atoms with van der Waals surface area (Å²) in [7, 11) is -3.52. The molecule has 30 heavy (non-hydrogen) atoms. The molecule has 1 saturated heterocycles. The number of pyridine rings is 1. The van der Waals surface area contributed by atoms with Gasteiger partial charge in [0.1, 0.15) is 5.82 Å². The number of hydrogen-bond donors (Lipinski definition) is 1. The Hall–Kier alpha value is -2.77. The van der Waals surface area contributed by atoms with E-state index in [0.29, 0.717) is 28.3 Å². The zero-order valence-corrected chi connectivity index (χ0v) is 17.9. The number of Topliss-reactive ketones (excluding diaryl/α,β-unsaturated/α-hetero) is 1. The highest BCUT2D eigenvalue weighted by Crippen LogP contribution is 2.28. The van der Waals surface area contributed by atoms with Crippen molar-refractivity contribution in [2.75, 3.05) is 11.9 Å². The van der Waals surface area contributed by atoms with Gasteiger partial charge in [-0.05, 0) is 69.2 Å². The van der Waals surface area contributed by atoms with E-state index in [-0.39, 0.29) is 11.8 Å². The molecule has 4 rings (SSSR count). The van der Waals surface area contributed by atoms with Crippen LogP contribution < -0.4 is 5.32 Å². The molecule has 156 valence electrons. The van der Waals surface area contributed by atoms with Gasteiger partial charge >= 0.3 is 0 Å². The van der Waals surface area contributed by atoms with Gasteiger partial charge in [0, 0.05) is 29.2 Å². The first-order valence-corrected chi connectivity index (χ1v) is 11.6. The third-order valence-electron chi connectivity index (χ3n) is 5.55. The number of rotatable bonds is 5. The standard InChI is InChI=1S/C23H25N3O3S/c1-16-6-3-4-13-26(16)30(28,29)21-10-11-22-19(15-21)9-12-23(25-22)24-20-8-5-7-18(14-20)17(2)27/h5,7-12,14-16H,3-4,6,13H2,1-2H3,(H,24,25). The van der Waals surface area contributed by atoms with Crippen LogP contribution in [0.1, 0.15) is 43.5 Å². The third-order valence-corrected chi connectivity index (χ3v) is 7.56. The maximum Gasteiger partial charge on any atom is 0.243 e. The molecule has 2 heterocycles. The first kappa shape index (κ1) is 20.5. The van der Waals surface area contributed by atoms with Crippen LogP contribution in [0, 0.1) is 0 Å². The maximum absolute atomic E-state index is 13.1. The average molecular weight is 424 g/mol. The van der Waals surface area contributed by atoms with Crippen LogP contribution in [0.15, 0.2) is 59.5 Å². The van der Waals surface area contributed by atoms with Crippen LogP contribution in [-0.2, 0) is 10.0 Å². The van der Waals surface area contributed by atoms with Crippen LogP contribution in [0.2, 0.25) is 0 Å². The average Bonchev–Trinajstić information content (AvgIpc) is 2.73. The highest BCUT2D eigenvalue weighted by atomic mass is 32.2. The van der Waals surface area contributed by atoms with Gasteiger partial charge < -0.3 is 5.32 Å². The zero-order chi connectivity index (χ0) is 21.3. The summed E-state index contributed by atoms with van der Waals surface area (Å²) in [5.74, 6) is 0.630. The molecule has 0 spiro atoms. The minimum Gasteiger partial charge on any atom is -0.340 e. The highest BCUT2D eigenvalue weighted by molar-refractivity contribution is 7.89. The first-order valence-electron chi connectivity index (χ1n) is 10.2. The number of piperidine rings is 1. The minimum absolute atomic E-state index is 0.00174. The van der Waals surface area contributed by atoms with Crippen LogP contribution in [0.4, 0.5) is 11.5 Å². The number of carbonyl (C=O) groups is 1. The Morgan fingerprint density at radius 2 is 1.93 bits per heavy atom. The SMILES string of the molecule is CC(=O)c1cccc(Nc2ccc3cc(S(=O)(=O)N4CCCCC4C)ccc3n2)c1. The summed E-state index contributed by atoms with van der Waals surface area (Å²) in [6, 6.07) is 16.0. The predicted octanol–water partition coefficient (Wildman–Crippen LogP) is 4.74. The molecule has 2 aromatic carbocycles. The van der Waals surface area contributed by atoms with Crippen molar-refractivity contribution in [3.8, 4) is 0 Å². The van der Waals surface area contributed by atoms with E-state index in [2.05, 4.69) is 10.3 Å². The molecule has 3 aromatic rings. The van der Waals surface area contributed by atoms with E-state index in [4.69, 9.17) is 0 Å². The van der Waals surface area contributed by atoms with Crippen LogP contribution in [0.3, 0.4) is 0 Å². The van der Waals surface area contributed by atoms with Gasteiger partial charge in [-0.15, -0.1) is 0 Å². The molecule has 1 unspecified atom stereocenters. The maximum atomic E-state index is 13.1. The number of hydrogen-bond acceptors (Lipinski definition) is 5. The second-order valence-electron chi connectivity index (χ2n) is 7.77. The quantitative estimate of drug-likeness (QED) is 0.600. The number of carbonyl (C=O) groups excluding carboxylic acids is 1. The number of nitrogens with one attached hydrogen (secondary N) is 1. The van der Waals surface area contributed by atoms with E-state index in [0.717, 1.165) is 30.3 Å². The van der Waals surface area contributed by atoms with Gasteiger partial charge in [0.05, 0.1) is 10.4 Å². The monoisotopic (exact) mass is 423 g/mol. The fourth-order valence-corrected chi connectivity index (χ4v) is 5.60. The van der Waals surface area contributed by atoms with Crippen molar-refractivity contribution in [1.29, 1.82) is 0 Å². The lowest BCUT2D eigenvalue weighted by Crippen LogP contribution is -2.41. The zero-order valence-electron chi connectivity index (χ0n) is 17.1. The van der Waals surface area contributed by atoms with Gasteiger partial charge in [-0.3, -0.25) is 4.79 Å². The fraction of sp³-hybridized carbons (Fsp3) is 0.304. The molecule has 1 aliphatic heterocycles. The first-order chi connectivity index (χ1) is 14.3. The second kappa shape index (κ2) is 8.16. The van der Waals surface area contributed by atoms with Crippen molar-refractivity contribution < 1.29 is 13.2 Å². The van der Waals surface area contributed by atoms with E-state index < -0.39 is 10.0 Å². The number of aromatic nitrogens is 1. The Bertz CT molecular complexity index is 1210. The van der Waals surface area contributed by atoms with E-state index in [9.17, 15) is 13.2 Å². The molecule has 0 saturated carbocycles. The lowest BCUT2D eigenvalue weighted by Gasteiger charge is -2.32. The molecule has 0 aliphatic carbocycles. The summed E-state index contributed by atoms with van der Waals surface area (Å²) in [6.45, 7) is 4.07. The van der Waals surface area contributed by atoms with Gasteiger partial charge in [0.15, 0.2) is 5.78 Å². The molecular weight excluding hydrogens is 398 g/mol. The number of benzene rings is 2. The van der Waals surface area contributed by atoms with Crippen molar-refractivity contribution in [2.45, 2.75) is 44.0 Å². The number of fused-ring (bicyclic) bond motifs is 1. The van der Waals surface area contributed by atoms with Gasteiger partial charge in [-0.2, -0.15) is 4.31 Å². The number of nitrogens with zero attached hydrogens (tertiary/aromatic N) is 2. The summed E-state index contributed by atoms with van der Waals surface area (Å²) in [5, 5.41) is 3.97. The van der Waals surface area contributed by atoms with Gasteiger partial charge in [-0.25, -0.2) is 13.4 Å². The highest BCUT2D eigenvalue weighted by Gasteiger charge is 2.31.